The number of rotatable bonds is 3. The topological polar surface area (TPSA) is 122 Å². The molecule has 9 heteroatoms. The first-order chi connectivity index (χ1) is 11.5. The molecule has 0 aliphatic heterocycles. The van der Waals surface area contributed by atoms with Crippen LogP contribution in [0.15, 0.2) is 45.5 Å². The van der Waals surface area contributed by atoms with Gasteiger partial charge in [-0.25, -0.2) is 18.5 Å². The summed E-state index contributed by atoms with van der Waals surface area (Å²) in [6.45, 7) is 3.82. The minimum Gasteiger partial charge on any atom is -0.511 e. The Labute approximate surface area is 151 Å². The number of carbonyl (C=O) groups excluding carboxylic acids is 1. The average Bonchev–Trinajstić information content (AvgIpc) is 2.44. The molecule has 0 bridgehead atoms. The maximum atomic E-state index is 12.1. The van der Waals surface area contributed by atoms with Crippen LogP contribution in [0.3, 0.4) is 0 Å². The third-order valence-corrected chi connectivity index (χ3v) is 4.78. The number of sulfonamides is 1. The van der Waals surface area contributed by atoms with Crippen molar-refractivity contribution in [2.24, 2.45) is 15.5 Å². The van der Waals surface area contributed by atoms with Crippen LogP contribution in [0.25, 0.3) is 0 Å². The standard InChI is InChI=1S/C16H19N3O4S2/c1-16(2)7-13(20)12(14(21)8-16)9-18-15(24)19-10-3-5-11(6-4-10)25(17,22)23/h3-6,9,20H,7-8H2,1-2H3,(H,19,24)(H2,17,22,23). The van der Waals surface area contributed by atoms with Crippen molar-refractivity contribution in [2.75, 3.05) is 5.32 Å². The zero-order valence-corrected chi connectivity index (χ0v) is 15.4. The Morgan fingerprint density at radius 3 is 2.44 bits per heavy atom. The molecule has 0 aromatic heterocycles. The highest BCUT2D eigenvalue weighted by Crippen LogP contribution is 2.35. The van der Waals surface area contributed by atoms with Crippen molar-refractivity contribution in [3.63, 3.8) is 0 Å². The van der Waals surface area contributed by atoms with Crippen molar-refractivity contribution in [1.29, 1.82) is 0 Å². The van der Waals surface area contributed by atoms with Crippen LogP contribution in [0.5, 0.6) is 0 Å². The molecular formula is C16H19N3O4S2. The fourth-order valence-corrected chi connectivity index (χ4v) is 3.14. The van der Waals surface area contributed by atoms with Gasteiger partial charge >= 0.3 is 0 Å². The van der Waals surface area contributed by atoms with E-state index >= 15 is 0 Å². The predicted molar refractivity (Wildman–Crippen MR) is 100 cm³/mol. The van der Waals surface area contributed by atoms with Gasteiger partial charge in [-0.15, -0.1) is 0 Å². The summed E-state index contributed by atoms with van der Waals surface area (Å²) in [6, 6.07) is 5.66. The summed E-state index contributed by atoms with van der Waals surface area (Å²) in [7, 11) is -3.76. The summed E-state index contributed by atoms with van der Waals surface area (Å²) in [4.78, 5) is 16.0. The van der Waals surface area contributed by atoms with Gasteiger partial charge < -0.3 is 10.4 Å². The Balaban J connectivity index is 2.07. The molecule has 0 atom stereocenters. The highest BCUT2D eigenvalue weighted by atomic mass is 32.2. The third-order valence-electron chi connectivity index (χ3n) is 3.64. The number of ketones is 1. The Morgan fingerprint density at radius 1 is 1.32 bits per heavy atom. The van der Waals surface area contributed by atoms with E-state index in [2.05, 4.69) is 10.3 Å². The lowest BCUT2D eigenvalue weighted by molar-refractivity contribution is -0.117. The lowest BCUT2D eigenvalue weighted by Crippen LogP contribution is -2.26. The molecular weight excluding hydrogens is 362 g/mol. The Kier molecular flexibility index (Phi) is 5.40. The number of allylic oxidation sites excluding steroid dienone is 2. The number of benzene rings is 1. The maximum absolute atomic E-state index is 12.1. The van der Waals surface area contributed by atoms with Crippen molar-refractivity contribution in [1.82, 2.24) is 0 Å². The second kappa shape index (κ2) is 7.03. The van der Waals surface area contributed by atoms with Gasteiger partial charge in [0.05, 0.1) is 10.5 Å². The summed E-state index contributed by atoms with van der Waals surface area (Å²) < 4.78 is 22.4. The zero-order valence-electron chi connectivity index (χ0n) is 13.8. The molecule has 0 saturated carbocycles. The molecule has 7 nitrogen and oxygen atoms in total. The summed E-state index contributed by atoms with van der Waals surface area (Å²) in [5.74, 6) is -0.178. The summed E-state index contributed by atoms with van der Waals surface area (Å²) >= 11 is 5.07. The van der Waals surface area contributed by atoms with Gasteiger partial charge in [0, 0.05) is 24.7 Å². The molecule has 1 aromatic carbocycles. The van der Waals surface area contributed by atoms with E-state index in [0.29, 0.717) is 18.5 Å². The Morgan fingerprint density at radius 2 is 1.92 bits per heavy atom. The number of nitrogens with zero attached hydrogens (tertiary/aromatic N) is 1. The van der Waals surface area contributed by atoms with Gasteiger partial charge in [0.2, 0.25) is 10.0 Å². The number of anilines is 1. The third kappa shape index (κ3) is 5.18. The summed E-state index contributed by atoms with van der Waals surface area (Å²) in [6.07, 6.45) is 1.98. The van der Waals surface area contributed by atoms with E-state index in [1.54, 1.807) is 0 Å². The van der Waals surface area contributed by atoms with E-state index in [9.17, 15) is 18.3 Å². The molecule has 1 aliphatic carbocycles. The van der Waals surface area contributed by atoms with Crippen LogP contribution in [-0.2, 0) is 14.8 Å². The van der Waals surface area contributed by atoms with Gasteiger partial charge in [-0.3, -0.25) is 4.79 Å². The molecule has 2 rings (SSSR count). The van der Waals surface area contributed by atoms with E-state index in [1.165, 1.54) is 30.5 Å². The van der Waals surface area contributed by atoms with E-state index < -0.39 is 10.0 Å². The van der Waals surface area contributed by atoms with Crippen LogP contribution in [0.2, 0.25) is 0 Å². The minimum atomic E-state index is -3.76. The van der Waals surface area contributed by atoms with Crippen molar-refractivity contribution < 1.29 is 18.3 Å². The van der Waals surface area contributed by atoms with Crippen LogP contribution >= 0.6 is 12.2 Å². The van der Waals surface area contributed by atoms with Crippen molar-refractivity contribution in [3.8, 4) is 0 Å². The number of aliphatic hydroxyl groups excluding tert-OH is 1. The second-order valence-electron chi connectivity index (χ2n) is 6.56. The molecule has 4 N–H and O–H groups in total. The van der Waals surface area contributed by atoms with Gasteiger partial charge in [-0.2, -0.15) is 0 Å². The largest absolute Gasteiger partial charge is 0.511 e. The molecule has 1 aromatic rings. The average molecular weight is 381 g/mol. The predicted octanol–water partition coefficient (Wildman–Crippen LogP) is 2.30. The highest BCUT2D eigenvalue weighted by Gasteiger charge is 2.32. The fourth-order valence-electron chi connectivity index (χ4n) is 2.46. The van der Waals surface area contributed by atoms with E-state index in [0.717, 1.165) is 0 Å². The first-order valence-electron chi connectivity index (χ1n) is 7.41. The number of nitrogens with one attached hydrogen (secondary N) is 1. The van der Waals surface area contributed by atoms with E-state index in [-0.39, 0.29) is 32.5 Å². The fraction of sp³-hybridized carbons (Fsp3) is 0.312. The number of nitrogens with two attached hydrogens (primary N) is 1. The Hall–Kier alpha value is -2.10. The van der Waals surface area contributed by atoms with Crippen LogP contribution in [0.4, 0.5) is 5.69 Å². The molecule has 0 saturated heterocycles. The number of thiocarbonyl (C=S) groups is 1. The van der Waals surface area contributed by atoms with Crippen LogP contribution in [-0.4, -0.2) is 30.6 Å². The summed E-state index contributed by atoms with van der Waals surface area (Å²) in [5, 5.41) is 17.9. The molecule has 25 heavy (non-hydrogen) atoms. The maximum Gasteiger partial charge on any atom is 0.238 e. The minimum absolute atomic E-state index is 0.00491. The highest BCUT2D eigenvalue weighted by molar-refractivity contribution is 7.89. The van der Waals surface area contributed by atoms with Gasteiger partial charge in [0.15, 0.2) is 10.9 Å². The normalized spacial score (nSPS) is 17.8. The van der Waals surface area contributed by atoms with Crippen LogP contribution in [0, 0.1) is 5.41 Å². The van der Waals surface area contributed by atoms with E-state index in [1.807, 2.05) is 13.8 Å². The molecule has 0 heterocycles. The van der Waals surface area contributed by atoms with Gasteiger partial charge in [-0.1, -0.05) is 13.8 Å². The quantitative estimate of drug-likeness (QED) is 0.545. The zero-order chi connectivity index (χ0) is 18.8. The monoisotopic (exact) mass is 381 g/mol. The molecule has 134 valence electrons. The molecule has 1 aliphatic rings. The molecule has 0 spiro atoms. The van der Waals surface area contributed by atoms with Crippen molar-refractivity contribution >= 4 is 45.0 Å². The smallest absolute Gasteiger partial charge is 0.238 e. The second-order valence-corrected chi connectivity index (χ2v) is 8.51. The van der Waals surface area contributed by atoms with E-state index in [4.69, 9.17) is 17.4 Å². The summed E-state index contributed by atoms with van der Waals surface area (Å²) in [5.41, 5.74) is 0.402. The van der Waals surface area contributed by atoms with Crippen LogP contribution < -0.4 is 10.5 Å². The number of Topliss-reactive ketones (excluding diaryl/α,β-unsaturated/α-hetero) is 1. The first-order valence-corrected chi connectivity index (χ1v) is 9.37. The van der Waals surface area contributed by atoms with Crippen LogP contribution in [0.1, 0.15) is 26.7 Å². The molecule has 0 fully saturated rings. The number of hydrogen-bond donors (Lipinski definition) is 3. The van der Waals surface area contributed by atoms with Crippen molar-refractivity contribution in [3.05, 3.63) is 35.6 Å². The lowest BCUT2D eigenvalue weighted by Gasteiger charge is -2.28. The van der Waals surface area contributed by atoms with Gasteiger partial charge in [0.25, 0.3) is 0 Å². The lowest BCUT2D eigenvalue weighted by atomic mass is 9.77. The number of aliphatic imine (C=N–C) groups is 1. The van der Waals surface area contributed by atoms with Gasteiger partial charge in [-0.05, 0) is 41.9 Å². The number of aliphatic hydroxyl groups is 1. The van der Waals surface area contributed by atoms with Gasteiger partial charge in [0.1, 0.15) is 5.76 Å². The molecule has 0 amide bonds. The molecule has 0 unspecified atom stereocenters. The Bertz CT molecular complexity index is 869. The SMILES string of the molecule is CC1(C)CC(=O)C(C=NC(=S)Nc2ccc(S(N)(=O)=O)cc2)=C(O)C1. The first kappa shape index (κ1) is 19.2. The van der Waals surface area contributed by atoms with Crippen molar-refractivity contribution in [2.45, 2.75) is 31.6 Å². The molecule has 0 radical (unpaired) electrons. The number of primary sulfonamides is 1. The number of hydrogen-bond acceptors (Lipinski definition) is 5. The number of carbonyl (C=O) groups is 1.